The standard InChI is InChI=1S/C15H16BrNO/c1-11(2)13-4-3-5-14(8-13)18-15-7-6-12(9-16)10-17-15/h3-8,10-11H,9H2,1-2H3. The van der Waals surface area contributed by atoms with Crippen molar-refractivity contribution in [2.75, 3.05) is 0 Å². The average molecular weight is 306 g/mol. The number of nitrogens with zero attached hydrogens (tertiary/aromatic N) is 1. The lowest BCUT2D eigenvalue weighted by atomic mass is 10.0. The van der Waals surface area contributed by atoms with Gasteiger partial charge in [-0.25, -0.2) is 4.98 Å². The second kappa shape index (κ2) is 6.01. The molecule has 3 heteroatoms. The van der Waals surface area contributed by atoms with Crippen molar-refractivity contribution in [3.05, 3.63) is 53.7 Å². The highest BCUT2D eigenvalue weighted by atomic mass is 79.9. The Morgan fingerprint density at radius 3 is 2.67 bits per heavy atom. The zero-order valence-corrected chi connectivity index (χ0v) is 12.1. The molecule has 2 aromatic rings. The van der Waals surface area contributed by atoms with Crippen molar-refractivity contribution in [2.24, 2.45) is 0 Å². The van der Waals surface area contributed by atoms with E-state index in [9.17, 15) is 0 Å². The SMILES string of the molecule is CC(C)c1cccc(Oc2ccc(CBr)cn2)c1. The Morgan fingerprint density at radius 1 is 1.22 bits per heavy atom. The molecule has 1 aromatic carbocycles. The van der Waals surface area contributed by atoms with Crippen LogP contribution in [-0.4, -0.2) is 4.98 Å². The molecule has 0 bridgehead atoms. The van der Waals surface area contributed by atoms with Crippen LogP contribution in [0, 0.1) is 0 Å². The Kier molecular flexibility index (Phi) is 4.37. The van der Waals surface area contributed by atoms with Gasteiger partial charge in [-0.2, -0.15) is 0 Å². The molecule has 0 aliphatic heterocycles. The Morgan fingerprint density at radius 2 is 2.06 bits per heavy atom. The maximum Gasteiger partial charge on any atom is 0.219 e. The predicted molar refractivity (Wildman–Crippen MR) is 77.5 cm³/mol. The van der Waals surface area contributed by atoms with E-state index in [0.717, 1.165) is 16.6 Å². The van der Waals surface area contributed by atoms with E-state index in [2.05, 4.69) is 46.9 Å². The van der Waals surface area contributed by atoms with Crippen LogP contribution in [0.1, 0.15) is 30.9 Å². The van der Waals surface area contributed by atoms with Crippen molar-refractivity contribution in [1.29, 1.82) is 0 Å². The van der Waals surface area contributed by atoms with E-state index in [1.54, 1.807) is 0 Å². The fraction of sp³-hybridized carbons (Fsp3) is 0.267. The molecule has 18 heavy (non-hydrogen) atoms. The van der Waals surface area contributed by atoms with Gasteiger partial charge < -0.3 is 4.74 Å². The summed E-state index contributed by atoms with van der Waals surface area (Å²) >= 11 is 3.39. The van der Waals surface area contributed by atoms with E-state index in [0.29, 0.717) is 11.8 Å². The first-order valence-electron chi connectivity index (χ1n) is 5.97. The molecule has 0 fully saturated rings. The molecule has 1 heterocycles. The molecule has 1 aromatic heterocycles. The number of halogens is 1. The maximum atomic E-state index is 5.74. The highest BCUT2D eigenvalue weighted by Crippen LogP contribution is 2.24. The largest absolute Gasteiger partial charge is 0.439 e. The number of benzene rings is 1. The lowest BCUT2D eigenvalue weighted by molar-refractivity contribution is 0.461. The van der Waals surface area contributed by atoms with Crippen LogP contribution >= 0.6 is 15.9 Å². The molecular weight excluding hydrogens is 290 g/mol. The summed E-state index contributed by atoms with van der Waals surface area (Å²) < 4.78 is 5.74. The summed E-state index contributed by atoms with van der Waals surface area (Å²) in [5, 5.41) is 0.809. The number of alkyl halides is 1. The number of rotatable bonds is 4. The molecule has 0 amide bonds. The van der Waals surface area contributed by atoms with Gasteiger partial charge >= 0.3 is 0 Å². The Hall–Kier alpha value is -1.35. The second-order valence-corrected chi connectivity index (χ2v) is 5.03. The predicted octanol–water partition coefficient (Wildman–Crippen LogP) is 4.89. The van der Waals surface area contributed by atoms with Gasteiger partial charge in [0.1, 0.15) is 5.75 Å². The van der Waals surface area contributed by atoms with Gasteiger partial charge in [-0.15, -0.1) is 0 Å². The van der Waals surface area contributed by atoms with Gasteiger partial charge in [0.05, 0.1) is 0 Å². The fourth-order valence-corrected chi connectivity index (χ4v) is 1.94. The first kappa shape index (κ1) is 13.1. The first-order chi connectivity index (χ1) is 8.69. The molecule has 0 spiro atoms. The van der Waals surface area contributed by atoms with Gasteiger partial charge in [0.2, 0.25) is 5.88 Å². The molecule has 2 rings (SSSR count). The van der Waals surface area contributed by atoms with Crippen molar-refractivity contribution in [3.63, 3.8) is 0 Å². The minimum Gasteiger partial charge on any atom is -0.439 e. The number of ether oxygens (including phenoxy) is 1. The second-order valence-electron chi connectivity index (χ2n) is 4.47. The third-order valence-corrected chi connectivity index (χ3v) is 3.35. The Labute approximate surface area is 116 Å². The van der Waals surface area contributed by atoms with Crippen molar-refractivity contribution >= 4 is 15.9 Å². The van der Waals surface area contributed by atoms with E-state index in [4.69, 9.17) is 4.74 Å². The van der Waals surface area contributed by atoms with E-state index in [1.165, 1.54) is 5.56 Å². The summed E-state index contributed by atoms with van der Waals surface area (Å²) in [6, 6.07) is 12.0. The third-order valence-electron chi connectivity index (χ3n) is 2.70. The maximum absolute atomic E-state index is 5.74. The molecule has 94 valence electrons. The van der Waals surface area contributed by atoms with E-state index >= 15 is 0 Å². The zero-order chi connectivity index (χ0) is 13.0. The van der Waals surface area contributed by atoms with Gasteiger partial charge in [-0.1, -0.05) is 48.0 Å². The quantitative estimate of drug-likeness (QED) is 0.750. The highest BCUT2D eigenvalue weighted by Gasteiger charge is 2.03. The molecular formula is C15H16BrNO. The number of aromatic nitrogens is 1. The normalized spacial score (nSPS) is 10.7. The molecule has 0 unspecified atom stereocenters. The van der Waals surface area contributed by atoms with Crippen molar-refractivity contribution in [1.82, 2.24) is 4.98 Å². The van der Waals surface area contributed by atoms with Gasteiger partial charge in [-0.3, -0.25) is 0 Å². The van der Waals surface area contributed by atoms with Crippen molar-refractivity contribution in [3.8, 4) is 11.6 Å². The summed E-state index contributed by atoms with van der Waals surface area (Å²) in [6.45, 7) is 4.34. The van der Waals surface area contributed by atoms with Gasteiger partial charge in [0.25, 0.3) is 0 Å². The third kappa shape index (κ3) is 3.33. The van der Waals surface area contributed by atoms with Crippen LogP contribution in [-0.2, 0) is 5.33 Å². The van der Waals surface area contributed by atoms with E-state index < -0.39 is 0 Å². The summed E-state index contributed by atoms with van der Waals surface area (Å²) in [5.74, 6) is 1.96. The monoisotopic (exact) mass is 305 g/mol. The van der Waals surface area contributed by atoms with Crippen LogP contribution in [0.5, 0.6) is 11.6 Å². The Bertz CT molecular complexity index is 508. The van der Waals surface area contributed by atoms with Crippen LogP contribution in [0.4, 0.5) is 0 Å². The Balaban J connectivity index is 2.15. The molecule has 0 aliphatic rings. The molecule has 2 nitrogen and oxygen atoms in total. The summed E-state index contributed by atoms with van der Waals surface area (Å²) in [7, 11) is 0. The van der Waals surface area contributed by atoms with Crippen LogP contribution in [0.15, 0.2) is 42.6 Å². The number of hydrogen-bond donors (Lipinski definition) is 0. The molecule has 0 atom stereocenters. The van der Waals surface area contributed by atoms with Gasteiger partial charge in [0.15, 0.2) is 0 Å². The van der Waals surface area contributed by atoms with Crippen LogP contribution < -0.4 is 4.74 Å². The smallest absolute Gasteiger partial charge is 0.219 e. The van der Waals surface area contributed by atoms with Crippen molar-refractivity contribution < 1.29 is 4.74 Å². The van der Waals surface area contributed by atoms with Crippen LogP contribution in [0.2, 0.25) is 0 Å². The lowest BCUT2D eigenvalue weighted by Crippen LogP contribution is -1.91. The molecule has 0 aliphatic carbocycles. The molecule has 0 saturated carbocycles. The zero-order valence-electron chi connectivity index (χ0n) is 10.6. The molecule has 0 N–H and O–H groups in total. The van der Waals surface area contributed by atoms with E-state index in [1.807, 2.05) is 30.5 Å². The topological polar surface area (TPSA) is 22.1 Å². The first-order valence-corrected chi connectivity index (χ1v) is 7.10. The summed E-state index contributed by atoms with van der Waals surface area (Å²) in [6.07, 6.45) is 1.82. The molecule has 0 saturated heterocycles. The van der Waals surface area contributed by atoms with E-state index in [-0.39, 0.29) is 0 Å². The van der Waals surface area contributed by atoms with Crippen LogP contribution in [0.25, 0.3) is 0 Å². The average Bonchev–Trinajstić information content (AvgIpc) is 2.40. The fourth-order valence-electron chi connectivity index (χ4n) is 1.61. The lowest BCUT2D eigenvalue weighted by Gasteiger charge is -2.09. The van der Waals surface area contributed by atoms with Gasteiger partial charge in [0, 0.05) is 17.6 Å². The minimum atomic E-state index is 0.497. The molecule has 0 radical (unpaired) electrons. The summed E-state index contributed by atoms with van der Waals surface area (Å²) in [5.41, 5.74) is 2.41. The number of pyridine rings is 1. The van der Waals surface area contributed by atoms with Crippen LogP contribution in [0.3, 0.4) is 0 Å². The summed E-state index contributed by atoms with van der Waals surface area (Å²) in [4.78, 5) is 4.27. The van der Waals surface area contributed by atoms with Gasteiger partial charge in [-0.05, 0) is 29.2 Å². The highest BCUT2D eigenvalue weighted by molar-refractivity contribution is 9.08. The van der Waals surface area contributed by atoms with Crippen molar-refractivity contribution in [2.45, 2.75) is 25.1 Å². The number of hydrogen-bond acceptors (Lipinski definition) is 2. The minimum absolute atomic E-state index is 0.497.